The Morgan fingerprint density at radius 1 is 1.26 bits per heavy atom. The van der Waals surface area contributed by atoms with Crippen LogP contribution in [0.4, 0.5) is 18.9 Å². The molecule has 0 saturated heterocycles. The Labute approximate surface area is 112 Å². The van der Waals surface area contributed by atoms with Gasteiger partial charge in [-0.25, -0.2) is 4.98 Å². The second-order valence-electron chi connectivity index (χ2n) is 3.81. The van der Waals surface area contributed by atoms with E-state index in [0.29, 0.717) is 12.2 Å². The van der Waals surface area contributed by atoms with Crippen LogP contribution >= 0.6 is 11.3 Å². The molecule has 1 aromatic heterocycles. The van der Waals surface area contributed by atoms with Crippen LogP contribution in [0.1, 0.15) is 10.7 Å². The van der Waals surface area contributed by atoms with Gasteiger partial charge in [0.25, 0.3) is 0 Å². The first-order valence-corrected chi connectivity index (χ1v) is 6.31. The van der Waals surface area contributed by atoms with Crippen LogP contribution < -0.4 is 10.1 Å². The molecule has 1 N–H and O–H groups in total. The number of ether oxygens (including phenoxy) is 1. The second kappa shape index (κ2) is 5.48. The maximum absolute atomic E-state index is 12.0. The minimum absolute atomic E-state index is 0.233. The highest BCUT2D eigenvalue weighted by molar-refractivity contribution is 7.09. The number of nitrogens with one attached hydrogen (secondary N) is 1. The molecular formula is C12H11F3N2OS. The molecule has 0 aliphatic heterocycles. The molecule has 7 heteroatoms. The number of aromatic nitrogens is 1. The summed E-state index contributed by atoms with van der Waals surface area (Å²) in [7, 11) is 0. The maximum Gasteiger partial charge on any atom is 0.573 e. The molecule has 1 heterocycles. The fraction of sp³-hybridized carbons (Fsp3) is 0.250. The van der Waals surface area contributed by atoms with Crippen LogP contribution in [0.3, 0.4) is 0 Å². The van der Waals surface area contributed by atoms with E-state index in [2.05, 4.69) is 15.0 Å². The molecule has 0 saturated carbocycles. The quantitative estimate of drug-likeness (QED) is 0.924. The lowest BCUT2D eigenvalue weighted by Gasteiger charge is -2.09. The van der Waals surface area contributed by atoms with Crippen molar-refractivity contribution in [2.75, 3.05) is 5.32 Å². The van der Waals surface area contributed by atoms with Crippen molar-refractivity contribution < 1.29 is 17.9 Å². The van der Waals surface area contributed by atoms with E-state index in [1.54, 1.807) is 0 Å². The summed E-state index contributed by atoms with van der Waals surface area (Å²) in [5.41, 5.74) is 1.66. The van der Waals surface area contributed by atoms with Crippen molar-refractivity contribution >= 4 is 17.0 Å². The molecule has 0 spiro atoms. The zero-order valence-corrected chi connectivity index (χ0v) is 10.8. The molecule has 1 aromatic carbocycles. The third-order valence-electron chi connectivity index (χ3n) is 2.20. The number of rotatable bonds is 4. The number of hydrogen-bond donors (Lipinski definition) is 1. The number of aryl methyl sites for hydroxylation is 1. The van der Waals surface area contributed by atoms with E-state index in [9.17, 15) is 13.2 Å². The van der Waals surface area contributed by atoms with E-state index in [-0.39, 0.29) is 5.75 Å². The van der Waals surface area contributed by atoms with E-state index < -0.39 is 6.36 Å². The Morgan fingerprint density at radius 3 is 2.47 bits per heavy atom. The van der Waals surface area contributed by atoms with Gasteiger partial charge >= 0.3 is 6.36 Å². The predicted molar refractivity (Wildman–Crippen MR) is 67.3 cm³/mol. The number of nitrogens with zero attached hydrogens (tertiary/aromatic N) is 1. The fourth-order valence-electron chi connectivity index (χ4n) is 1.44. The van der Waals surface area contributed by atoms with Gasteiger partial charge in [-0.1, -0.05) is 0 Å². The summed E-state index contributed by atoms with van der Waals surface area (Å²) >= 11 is 1.53. The zero-order chi connectivity index (χ0) is 13.9. The van der Waals surface area contributed by atoms with Gasteiger partial charge < -0.3 is 10.1 Å². The number of halogens is 3. The molecule has 0 aliphatic carbocycles. The lowest BCUT2D eigenvalue weighted by atomic mass is 10.3. The van der Waals surface area contributed by atoms with Crippen LogP contribution in [-0.4, -0.2) is 11.3 Å². The maximum atomic E-state index is 12.0. The first-order valence-electron chi connectivity index (χ1n) is 5.43. The van der Waals surface area contributed by atoms with Gasteiger partial charge in [0.2, 0.25) is 0 Å². The van der Waals surface area contributed by atoms with Gasteiger partial charge in [-0.3, -0.25) is 0 Å². The van der Waals surface area contributed by atoms with Crippen molar-refractivity contribution in [1.29, 1.82) is 0 Å². The standard InChI is InChI=1S/C12H11F3N2OS/c1-8-7-19-11(17-8)6-16-9-2-4-10(5-3-9)18-12(13,14)15/h2-5,7,16H,6H2,1H3. The summed E-state index contributed by atoms with van der Waals surface area (Å²) in [6, 6.07) is 5.59. The fourth-order valence-corrected chi connectivity index (χ4v) is 2.15. The van der Waals surface area contributed by atoms with E-state index in [1.807, 2.05) is 12.3 Å². The molecule has 2 rings (SSSR count). The summed E-state index contributed by atoms with van der Waals surface area (Å²) in [6.45, 7) is 2.45. The monoisotopic (exact) mass is 288 g/mol. The summed E-state index contributed by atoms with van der Waals surface area (Å²) in [5, 5.41) is 5.94. The van der Waals surface area contributed by atoms with Gasteiger partial charge in [0.15, 0.2) is 0 Å². The average Bonchev–Trinajstić information content (AvgIpc) is 2.72. The summed E-state index contributed by atoms with van der Waals surface area (Å²) in [4.78, 5) is 4.27. The largest absolute Gasteiger partial charge is 0.573 e. The van der Waals surface area contributed by atoms with Gasteiger partial charge in [0.1, 0.15) is 10.8 Å². The van der Waals surface area contributed by atoms with Crippen LogP contribution in [0.25, 0.3) is 0 Å². The lowest BCUT2D eigenvalue weighted by molar-refractivity contribution is -0.274. The predicted octanol–water partition coefficient (Wildman–Crippen LogP) is 3.96. The Hall–Kier alpha value is -1.76. The molecular weight excluding hydrogens is 277 g/mol. The molecule has 3 nitrogen and oxygen atoms in total. The Balaban J connectivity index is 1.91. The van der Waals surface area contributed by atoms with Crippen molar-refractivity contribution in [3.63, 3.8) is 0 Å². The van der Waals surface area contributed by atoms with Crippen LogP contribution in [0.2, 0.25) is 0 Å². The molecule has 0 atom stereocenters. The van der Waals surface area contributed by atoms with Crippen LogP contribution in [0, 0.1) is 6.92 Å². The SMILES string of the molecule is Cc1csc(CNc2ccc(OC(F)(F)F)cc2)n1. The number of anilines is 1. The Morgan fingerprint density at radius 2 is 1.95 bits per heavy atom. The Bertz CT molecular complexity index is 537. The molecule has 0 radical (unpaired) electrons. The van der Waals surface area contributed by atoms with E-state index in [4.69, 9.17) is 0 Å². The van der Waals surface area contributed by atoms with Gasteiger partial charge in [-0.15, -0.1) is 24.5 Å². The molecule has 19 heavy (non-hydrogen) atoms. The first-order chi connectivity index (χ1) is 8.92. The van der Waals surface area contributed by atoms with Crippen molar-refractivity contribution in [3.05, 3.63) is 40.3 Å². The van der Waals surface area contributed by atoms with Gasteiger partial charge in [0, 0.05) is 16.8 Å². The number of hydrogen-bond acceptors (Lipinski definition) is 4. The molecule has 0 amide bonds. The molecule has 0 aliphatic rings. The number of thiazole rings is 1. The highest BCUT2D eigenvalue weighted by Crippen LogP contribution is 2.24. The van der Waals surface area contributed by atoms with Gasteiger partial charge in [0.05, 0.1) is 6.54 Å². The van der Waals surface area contributed by atoms with E-state index >= 15 is 0 Å². The third kappa shape index (κ3) is 4.44. The van der Waals surface area contributed by atoms with Crippen molar-refractivity contribution in [2.45, 2.75) is 19.8 Å². The average molecular weight is 288 g/mol. The highest BCUT2D eigenvalue weighted by Gasteiger charge is 2.30. The van der Waals surface area contributed by atoms with E-state index in [0.717, 1.165) is 10.7 Å². The van der Waals surface area contributed by atoms with Crippen molar-refractivity contribution in [1.82, 2.24) is 4.98 Å². The lowest BCUT2D eigenvalue weighted by Crippen LogP contribution is -2.17. The summed E-state index contributed by atoms with van der Waals surface area (Å²) < 4.78 is 39.7. The first kappa shape index (κ1) is 13.7. The summed E-state index contributed by atoms with van der Waals surface area (Å²) in [6.07, 6.45) is -4.66. The third-order valence-corrected chi connectivity index (χ3v) is 3.16. The highest BCUT2D eigenvalue weighted by atomic mass is 32.1. The molecule has 0 fully saturated rings. The minimum Gasteiger partial charge on any atom is -0.406 e. The normalized spacial score (nSPS) is 11.4. The van der Waals surface area contributed by atoms with Crippen LogP contribution in [0.5, 0.6) is 5.75 Å². The molecule has 0 unspecified atom stereocenters. The number of benzene rings is 1. The molecule has 102 valence electrons. The second-order valence-corrected chi connectivity index (χ2v) is 4.75. The minimum atomic E-state index is -4.66. The van der Waals surface area contributed by atoms with Gasteiger partial charge in [-0.2, -0.15) is 0 Å². The Kier molecular flexibility index (Phi) is 3.94. The van der Waals surface area contributed by atoms with Gasteiger partial charge in [-0.05, 0) is 31.2 Å². The van der Waals surface area contributed by atoms with Crippen molar-refractivity contribution in [3.8, 4) is 5.75 Å². The van der Waals surface area contributed by atoms with Crippen molar-refractivity contribution in [2.24, 2.45) is 0 Å². The van der Waals surface area contributed by atoms with Crippen LogP contribution in [-0.2, 0) is 6.54 Å². The zero-order valence-electron chi connectivity index (χ0n) is 9.99. The van der Waals surface area contributed by atoms with Crippen LogP contribution in [0.15, 0.2) is 29.6 Å². The molecule has 0 bridgehead atoms. The topological polar surface area (TPSA) is 34.1 Å². The smallest absolute Gasteiger partial charge is 0.406 e. The molecule has 2 aromatic rings. The summed E-state index contributed by atoms with van der Waals surface area (Å²) in [5.74, 6) is -0.233. The number of alkyl halides is 3. The van der Waals surface area contributed by atoms with E-state index in [1.165, 1.54) is 35.6 Å².